The number of aryl methyl sites for hydroxylation is 1. The van der Waals surface area contributed by atoms with Crippen LogP contribution in [0.15, 0.2) is 22.8 Å². The van der Waals surface area contributed by atoms with Gasteiger partial charge in [-0.1, -0.05) is 25.5 Å². The third-order valence-corrected chi connectivity index (χ3v) is 3.13. The predicted octanol–water partition coefficient (Wildman–Crippen LogP) is 2.54. The molecular weight excluding hydrogens is 242 g/mol. The molecule has 0 aliphatic rings. The van der Waals surface area contributed by atoms with Gasteiger partial charge in [-0.3, -0.25) is 0 Å². The van der Waals surface area contributed by atoms with Gasteiger partial charge < -0.3 is 10.7 Å². The van der Waals surface area contributed by atoms with Crippen LogP contribution in [-0.2, 0) is 6.42 Å². The van der Waals surface area contributed by atoms with E-state index in [0.717, 1.165) is 30.3 Å². The first kappa shape index (κ1) is 11.7. The van der Waals surface area contributed by atoms with Gasteiger partial charge in [0, 0.05) is 0 Å². The van der Waals surface area contributed by atoms with Crippen LogP contribution in [-0.4, -0.2) is 20.3 Å². The second-order valence-electron chi connectivity index (χ2n) is 4.50. The Hall–Kier alpha value is -2.37. The van der Waals surface area contributed by atoms with Crippen LogP contribution < -0.4 is 5.73 Å². The number of hydrogen-bond donors (Lipinski definition) is 2. The Labute approximate surface area is 110 Å². The molecule has 0 atom stereocenters. The van der Waals surface area contributed by atoms with Crippen molar-refractivity contribution in [1.82, 2.24) is 20.3 Å². The molecule has 3 aromatic rings. The molecule has 1 aromatic carbocycles. The maximum atomic E-state index is 5.69. The number of anilines is 1. The Balaban J connectivity index is 2.08. The minimum absolute atomic E-state index is 0.245. The lowest BCUT2D eigenvalue weighted by molar-refractivity contribution is 0.310. The van der Waals surface area contributed by atoms with Crippen LogP contribution >= 0.6 is 0 Å². The summed E-state index contributed by atoms with van der Waals surface area (Å²) in [5.41, 5.74) is 9.32. The maximum absolute atomic E-state index is 5.69. The number of nitrogens with one attached hydrogen (secondary N) is 1. The van der Waals surface area contributed by atoms with Gasteiger partial charge in [0.25, 0.3) is 0 Å². The fraction of sp³-hybridized carbons (Fsp3) is 0.308. The van der Waals surface area contributed by atoms with Gasteiger partial charge in [0.15, 0.2) is 17.3 Å². The van der Waals surface area contributed by atoms with Crippen molar-refractivity contribution in [3.8, 4) is 11.5 Å². The molecule has 0 bridgehead atoms. The third kappa shape index (κ3) is 2.05. The first-order chi connectivity index (χ1) is 9.29. The molecule has 0 aliphatic heterocycles. The molecule has 0 unspecified atom stereocenters. The lowest BCUT2D eigenvalue weighted by Crippen LogP contribution is -1.90. The highest BCUT2D eigenvalue weighted by molar-refractivity contribution is 5.83. The van der Waals surface area contributed by atoms with Crippen molar-refractivity contribution >= 4 is 16.9 Å². The number of aromatic amines is 1. The zero-order valence-corrected chi connectivity index (χ0v) is 10.7. The number of nitrogens with two attached hydrogens (primary N) is 1. The van der Waals surface area contributed by atoms with Crippen molar-refractivity contribution in [1.29, 1.82) is 0 Å². The van der Waals surface area contributed by atoms with Crippen molar-refractivity contribution in [3.05, 3.63) is 23.8 Å². The van der Waals surface area contributed by atoms with Crippen LogP contribution in [0.25, 0.3) is 22.6 Å². The summed E-state index contributed by atoms with van der Waals surface area (Å²) in [4.78, 5) is 7.77. The van der Waals surface area contributed by atoms with E-state index in [9.17, 15) is 0 Å². The van der Waals surface area contributed by atoms with Crippen molar-refractivity contribution in [3.63, 3.8) is 0 Å². The molecule has 3 N–H and O–H groups in total. The lowest BCUT2D eigenvalue weighted by atomic mass is 10.1. The summed E-state index contributed by atoms with van der Waals surface area (Å²) in [5.74, 6) is 0.840. The van der Waals surface area contributed by atoms with Crippen molar-refractivity contribution in [2.45, 2.75) is 26.2 Å². The molecule has 0 amide bonds. The molecule has 2 aromatic heterocycles. The lowest BCUT2D eigenvalue weighted by Gasteiger charge is -1.99. The number of nitrogen functional groups attached to an aromatic ring is 1. The van der Waals surface area contributed by atoms with Crippen LogP contribution in [0.2, 0.25) is 0 Å². The van der Waals surface area contributed by atoms with Gasteiger partial charge in [0.2, 0.25) is 0 Å². The maximum Gasteiger partial charge on any atom is 0.199 e. The third-order valence-electron chi connectivity index (χ3n) is 3.13. The number of benzene rings is 1. The monoisotopic (exact) mass is 257 g/mol. The van der Waals surface area contributed by atoms with Crippen molar-refractivity contribution in [2.75, 3.05) is 5.73 Å². The minimum atomic E-state index is 0.245. The zero-order valence-electron chi connectivity index (χ0n) is 10.7. The summed E-state index contributed by atoms with van der Waals surface area (Å²) >= 11 is 0. The van der Waals surface area contributed by atoms with Gasteiger partial charge in [0.05, 0.1) is 11.0 Å². The summed E-state index contributed by atoms with van der Waals surface area (Å²) in [5, 5.41) is 7.34. The Kier molecular flexibility index (Phi) is 2.91. The summed E-state index contributed by atoms with van der Waals surface area (Å²) < 4.78 is 4.61. The minimum Gasteiger partial charge on any atom is -0.379 e. The number of fused-ring (bicyclic) bond motifs is 1. The molecule has 0 saturated heterocycles. The highest BCUT2D eigenvalue weighted by Gasteiger charge is 2.15. The van der Waals surface area contributed by atoms with E-state index in [0.29, 0.717) is 11.5 Å². The molecule has 3 rings (SSSR count). The normalized spacial score (nSPS) is 11.2. The number of hydrogen-bond acceptors (Lipinski definition) is 5. The van der Waals surface area contributed by atoms with Crippen LogP contribution in [0.3, 0.4) is 0 Å². The Morgan fingerprint density at radius 3 is 2.95 bits per heavy atom. The van der Waals surface area contributed by atoms with E-state index in [1.54, 1.807) is 0 Å². The summed E-state index contributed by atoms with van der Waals surface area (Å²) in [6.07, 6.45) is 3.33. The number of unbranched alkanes of at least 4 members (excludes halogenated alkanes) is 1. The summed E-state index contributed by atoms with van der Waals surface area (Å²) in [6, 6.07) is 6.12. The van der Waals surface area contributed by atoms with Gasteiger partial charge >= 0.3 is 0 Å². The quantitative estimate of drug-likeness (QED) is 0.749. The zero-order chi connectivity index (χ0) is 13.2. The number of para-hydroxylation sites is 1. The average molecular weight is 257 g/mol. The van der Waals surface area contributed by atoms with Gasteiger partial charge in [-0.2, -0.15) is 0 Å². The van der Waals surface area contributed by atoms with E-state index in [1.165, 1.54) is 5.56 Å². The van der Waals surface area contributed by atoms with Crippen LogP contribution in [0.5, 0.6) is 0 Å². The molecule has 6 nitrogen and oxygen atoms in total. The standard InChI is InChI=1S/C13H15N5O/c1-2-3-5-8-6-4-7-9-10(8)16-13(15-9)11-12(14)18-19-17-11/h4,6-7H,2-3,5H2,1H3,(H2,14,18)(H,15,16). The predicted molar refractivity (Wildman–Crippen MR) is 72.4 cm³/mol. The Bertz CT molecular complexity index is 700. The molecule has 19 heavy (non-hydrogen) atoms. The number of H-pyrrole nitrogens is 1. The van der Waals surface area contributed by atoms with Crippen LogP contribution in [0, 0.1) is 0 Å². The molecule has 0 aliphatic carbocycles. The molecule has 0 radical (unpaired) electrons. The van der Waals surface area contributed by atoms with Crippen LogP contribution in [0.4, 0.5) is 5.82 Å². The molecule has 98 valence electrons. The number of imidazole rings is 1. The highest BCUT2D eigenvalue weighted by atomic mass is 16.6. The van der Waals surface area contributed by atoms with E-state index >= 15 is 0 Å². The second kappa shape index (κ2) is 4.72. The summed E-state index contributed by atoms with van der Waals surface area (Å²) in [6.45, 7) is 2.18. The van der Waals surface area contributed by atoms with E-state index < -0.39 is 0 Å². The highest BCUT2D eigenvalue weighted by Crippen LogP contribution is 2.25. The Morgan fingerprint density at radius 1 is 1.32 bits per heavy atom. The van der Waals surface area contributed by atoms with E-state index in [4.69, 9.17) is 5.73 Å². The fourth-order valence-electron chi connectivity index (χ4n) is 2.13. The smallest absolute Gasteiger partial charge is 0.199 e. The van der Waals surface area contributed by atoms with Crippen molar-refractivity contribution in [2.24, 2.45) is 0 Å². The van der Waals surface area contributed by atoms with Crippen LogP contribution in [0.1, 0.15) is 25.3 Å². The molecule has 2 heterocycles. The van der Waals surface area contributed by atoms with Gasteiger partial charge in [-0.25, -0.2) is 9.61 Å². The molecule has 0 spiro atoms. The topological polar surface area (TPSA) is 93.6 Å². The first-order valence-electron chi connectivity index (χ1n) is 6.35. The second-order valence-corrected chi connectivity index (χ2v) is 4.50. The number of aromatic nitrogens is 4. The van der Waals surface area contributed by atoms with E-state index in [2.05, 4.69) is 37.9 Å². The fourth-order valence-corrected chi connectivity index (χ4v) is 2.13. The molecule has 6 heteroatoms. The van der Waals surface area contributed by atoms with Gasteiger partial charge in [-0.05, 0) is 34.8 Å². The van der Waals surface area contributed by atoms with Gasteiger partial charge in [0.1, 0.15) is 0 Å². The number of rotatable bonds is 4. The molecule has 0 saturated carbocycles. The molecule has 0 fully saturated rings. The van der Waals surface area contributed by atoms with Gasteiger partial charge in [-0.15, -0.1) is 0 Å². The van der Waals surface area contributed by atoms with E-state index in [1.807, 2.05) is 12.1 Å². The van der Waals surface area contributed by atoms with Crippen molar-refractivity contribution < 1.29 is 4.63 Å². The number of nitrogens with zero attached hydrogens (tertiary/aromatic N) is 3. The SMILES string of the molecule is CCCCc1cccc2[nH]c(-c3nonc3N)nc12. The summed E-state index contributed by atoms with van der Waals surface area (Å²) in [7, 11) is 0. The first-order valence-corrected chi connectivity index (χ1v) is 6.35. The molecular formula is C13H15N5O. The largest absolute Gasteiger partial charge is 0.379 e. The van der Waals surface area contributed by atoms with E-state index in [-0.39, 0.29) is 5.82 Å². The average Bonchev–Trinajstić information content (AvgIpc) is 3.01. The Morgan fingerprint density at radius 2 is 2.21 bits per heavy atom.